The van der Waals surface area contributed by atoms with E-state index in [1.807, 2.05) is 24.3 Å². The van der Waals surface area contributed by atoms with Crippen LogP contribution in [0.1, 0.15) is 33.4 Å². The highest BCUT2D eigenvalue weighted by Gasteiger charge is 2.17. The summed E-state index contributed by atoms with van der Waals surface area (Å²) < 4.78 is 0. The van der Waals surface area contributed by atoms with Crippen molar-refractivity contribution >= 4 is 33.9 Å². The summed E-state index contributed by atoms with van der Waals surface area (Å²) in [7, 11) is 0. The first-order valence-electron chi connectivity index (χ1n) is 8.24. The van der Waals surface area contributed by atoms with E-state index in [-0.39, 0.29) is 11.3 Å². The maximum Gasteiger partial charge on any atom is 0.221 e. The number of hydrogen-bond donors (Lipinski definition) is 2. The van der Waals surface area contributed by atoms with Gasteiger partial charge in [0, 0.05) is 29.0 Å². The molecule has 2 aromatic heterocycles. The Hall–Kier alpha value is -2.80. The Morgan fingerprint density at radius 2 is 1.96 bits per heavy atom. The number of nitrogens with zero attached hydrogens (tertiary/aromatic N) is 3. The Balaban J connectivity index is 1.82. The van der Waals surface area contributed by atoms with Crippen LogP contribution in [0.5, 0.6) is 0 Å². The van der Waals surface area contributed by atoms with Crippen LogP contribution in [0, 0.1) is 0 Å². The number of anilines is 3. The van der Waals surface area contributed by atoms with Crippen molar-refractivity contribution in [1.29, 1.82) is 0 Å². The molecule has 7 heteroatoms. The fraction of sp³-hybridized carbons (Fsp3) is 0.263. The number of aromatic nitrogens is 3. The standard InChI is InChI=1S/C19H21N5OS/c1-12(25)21-14-7-5-6-13(8-14)15-9-20-10-17(22-15)24-18-23-16(11-26-18)19(2,3)4/h5-11H,1-4H3,(H,21,25)(H,22,23,24). The summed E-state index contributed by atoms with van der Waals surface area (Å²) >= 11 is 1.54. The Kier molecular flexibility index (Phi) is 4.99. The minimum atomic E-state index is -0.109. The summed E-state index contributed by atoms with van der Waals surface area (Å²) in [6.07, 6.45) is 3.36. The van der Waals surface area contributed by atoms with Gasteiger partial charge in [0.1, 0.15) is 0 Å². The van der Waals surface area contributed by atoms with E-state index in [9.17, 15) is 4.79 Å². The third kappa shape index (κ3) is 4.43. The topological polar surface area (TPSA) is 79.8 Å². The van der Waals surface area contributed by atoms with Crippen LogP contribution in [0.2, 0.25) is 0 Å². The van der Waals surface area contributed by atoms with Gasteiger partial charge < -0.3 is 10.6 Å². The Morgan fingerprint density at radius 1 is 1.15 bits per heavy atom. The molecular weight excluding hydrogens is 346 g/mol. The second kappa shape index (κ2) is 7.21. The van der Waals surface area contributed by atoms with E-state index >= 15 is 0 Å². The second-order valence-electron chi connectivity index (χ2n) is 6.96. The summed E-state index contributed by atoms with van der Waals surface area (Å²) in [5, 5.41) is 8.83. The van der Waals surface area contributed by atoms with Crippen molar-refractivity contribution in [2.75, 3.05) is 10.6 Å². The molecule has 0 atom stereocenters. The molecule has 0 spiro atoms. The van der Waals surface area contributed by atoms with Gasteiger partial charge in [0.2, 0.25) is 5.91 Å². The average Bonchev–Trinajstić information content (AvgIpc) is 3.03. The van der Waals surface area contributed by atoms with Gasteiger partial charge in [-0.15, -0.1) is 11.3 Å². The van der Waals surface area contributed by atoms with Crippen molar-refractivity contribution in [3.63, 3.8) is 0 Å². The predicted octanol–water partition coefficient (Wildman–Crippen LogP) is 4.60. The van der Waals surface area contributed by atoms with Crippen LogP contribution < -0.4 is 10.6 Å². The van der Waals surface area contributed by atoms with Gasteiger partial charge >= 0.3 is 0 Å². The molecule has 0 unspecified atom stereocenters. The van der Waals surface area contributed by atoms with E-state index in [2.05, 4.69) is 51.7 Å². The molecular formula is C19H21N5OS. The largest absolute Gasteiger partial charge is 0.326 e. The molecule has 3 aromatic rings. The van der Waals surface area contributed by atoms with Crippen LogP contribution in [0.3, 0.4) is 0 Å². The summed E-state index contributed by atoms with van der Waals surface area (Å²) in [4.78, 5) is 24.7. The van der Waals surface area contributed by atoms with Gasteiger partial charge in [-0.25, -0.2) is 9.97 Å². The van der Waals surface area contributed by atoms with Crippen LogP contribution in [-0.4, -0.2) is 20.9 Å². The molecule has 0 radical (unpaired) electrons. The zero-order valence-electron chi connectivity index (χ0n) is 15.2. The lowest BCUT2D eigenvalue weighted by Crippen LogP contribution is -2.11. The van der Waals surface area contributed by atoms with Crippen LogP contribution in [0.4, 0.5) is 16.6 Å². The zero-order valence-corrected chi connectivity index (χ0v) is 16.0. The smallest absolute Gasteiger partial charge is 0.221 e. The molecule has 0 bridgehead atoms. The fourth-order valence-electron chi connectivity index (χ4n) is 2.31. The Bertz CT molecular complexity index is 929. The van der Waals surface area contributed by atoms with Gasteiger partial charge in [-0.3, -0.25) is 9.78 Å². The zero-order chi connectivity index (χ0) is 18.7. The third-order valence-corrected chi connectivity index (χ3v) is 4.38. The Morgan fingerprint density at radius 3 is 2.65 bits per heavy atom. The quantitative estimate of drug-likeness (QED) is 0.704. The normalized spacial score (nSPS) is 11.2. The summed E-state index contributed by atoms with van der Waals surface area (Å²) in [6.45, 7) is 7.88. The van der Waals surface area contributed by atoms with Crippen molar-refractivity contribution < 1.29 is 4.79 Å². The van der Waals surface area contributed by atoms with Crippen molar-refractivity contribution in [3.05, 3.63) is 47.7 Å². The van der Waals surface area contributed by atoms with E-state index < -0.39 is 0 Å². The number of rotatable bonds is 4. The highest BCUT2D eigenvalue weighted by molar-refractivity contribution is 7.13. The molecule has 6 nitrogen and oxygen atoms in total. The maximum atomic E-state index is 11.2. The first kappa shape index (κ1) is 18.0. The number of carbonyl (C=O) groups excluding carboxylic acids is 1. The minimum absolute atomic E-state index is 0.00804. The summed E-state index contributed by atoms with van der Waals surface area (Å²) in [6, 6.07) is 7.51. The number of amides is 1. The van der Waals surface area contributed by atoms with Gasteiger partial charge in [-0.1, -0.05) is 32.9 Å². The van der Waals surface area contributed by atoms with Gasteiger partial charge in [-0.2, -0.15) is 0 Å². The molecule has 2 heterocycles. The van der Waals surface area contributed by atoms with Crippen molar-refractivity contribution in [1.82, 2.24) is 15.0 Å². The van der Waals surface area contributed by atoms with Crippen LogP contribution in [0.25, 0.3) is 11.3 Å². The minimum Gasteiger partial charge on any atom is -0.326 e. The second-order valence-corrected chi connectivity index (χ2v) is 7.82. The van der Waals surface area contributed by atoms with E-state index in [0.717, 1.165) is 27.8 Å². The molecule has 0 fully saturated rings. The highest BCUT2D eigenvalue weighted by atomic mass is 32.1. The molecule has 0 aliphatic rings. The lowest BCUT2D eigenvalue weighted by molar-refractivity contribution is -0.114. The predicted molar refractivity (Wildman–Crippen MR) is 106 cm³/mol. The molecule has 0 saturated carbocycles. The monoisotopic (exact) mass is 367 g/mol. The molecule has 0 aliphatic heterocycles. The van der Waals surface area contributed by atoms with Crippen molar-refractivity contribution in [2.24, 2.45) is 0 Å². The van der Waals surface area contributed by atoms with Gasteiger partial charge in [0.15, 0.2) is 10.9 Å². The number of benzene rings is 1. The highest BCUT2D eigenvalue weighted by Crippen LogP contribution is 2.28. The molecule has 1 amide bonds. The van der Waals surface area contributed by atoms with Crippen molar-refractivity contribution in [2.45, 2.75) is 33.1 Å². The van der Waals surface area contributed by atoms with Gasteiger partial charge in [-0.05, 0) is 12.1 Å². The molecule has 134 valence electrons. The molecule has 26 heavy (non-hydrogen) atoms. The van der Waals surface area contributed by atoms with Gasteiger partial charge in [0.05, 0.1) is 23.8 Å². The molecule has 1 aromatic carbocycles. The molecule has 0 saturated heterocycles. The average molecular weight is 367 g/mol. The number of nitrogens with one attached hydrogen (secondary N) is 2. The number of hydrogen-bond acceptors (Lipinski definition) is 6. The molecule has 2 N–H and O–H groups in total. The first-order chi connectivity index (χ1) is 12.3. The Labute approximate surface area is 156 Å². The molecule has 0 aliphatic carbocycles. The van der Waals surface area contributed by atoms with Crippen molar-refractivity contribution in [3.8, 4) is 11.3 Å². The van der Waals surface area contributed by atoms with Crippen LogP contribution in [0.15, 0.2) is 42.0 Å². The van der Waals surface area contributed by atoms with E-state index in [1.54, 1.807) is 23.7 Å². The third-order valence-electron chi connectivity index (χ3n) is 3.62. The molecule has 3 rings (SSSR count). The van der Waals surface area contributed by atoms with Gasteiger partial charge in [0.25, 0.3) is 0 Å². The van der Waals surface area contributed by atoms with Crippen LogP contribution >= 0.6 is 11.3 Å². The maximum absolute atomic E-state index is 11.2. The summed E-state index contributed by atoms with van der Waals surface area (Å²) in [5.74, 6) is 0.518. The lowest BCUT2D eigenvalue weighted by atomic mass is 9.93. The lowest BCUT2D eigenvalue weighted by Gasteiger charge is -2.14. The SMILES string of the molecule is CC(=O)Nc1cccc(-c2cncc(Nc3nc(C(C)(C)C)cs3)n2)c1. The van der Waals surface area contributed by atoms with Crippen LogP contribution in [-0.2, 0) is 10.2 Å². The van der Waals surface area contributed by atoms with E-state index in [4.69, 9.17) is 0 Å². The van der Waals surface area contributed by atoms with E-state index in [1.165, 1.54) is 6.92 Å². The fourth-order valence-corrected chi connectivity index (χ4v) is 3.25. The number of thiazole rings is 1. The van der Waals surface area contributed by atoms with E-state index in [0.29, 0.717) is 5.82 Å². The number of carbonyl (C=O) groups is 1. The summed E-state index contributed by atoms with van der Waals surface area (Å²) in [5.41, 5.74) is 3.37. The first-order valence-corrected chi connectivity index (χ1v) is 9.12.